The number of hydrogen-bond donors (Lipinski definition) is 2. The maximum absolute atomic E-state index is 12.2. The van der Waals surface area contributed by atoms with Gasteiger partial charge in [0.15, 0.2) is 0 Å². The van der Waals surface area contributed by atoms with Crippen LogP contribution < -0.4 is 10.6 Å². The van der Waals surface area contributed by atoms with Crippen molar-refractivity contribution >= 4 is 45.3 Å². The van der Waals surface area contributed by atoms with E-state index in [-0.39, 0.29) is 11.9 Å². The minimum Gasteiger partial charge on any atom is -0.335 e. The van der Waals surface area contributed by atoms with Gasteiger partial charge in [0.1, 0.15) is 16.2 Å². The molecule has 0 aromatic carbocycles. The van der Waals surface area contributed by atoms with E-state index in [1.165, 1.54) is 23.0 Å². The number of fused-ring (bicyclic) bond motifs is 1. The molecule has 0 radical (unpaired) electrons. The maximum atomic E-state index is 12.2. The molecule has 1 fully saturated rings. The third-order valence-corrected chi connectivity index (χ3v) is 5.95. The number of imide groups is 1. The molecule has 0 saturated heterocycles. The highest BCUT2D eigenvalue weighted by molar-refractivity contribution is 8.00. The summed E-state index contributed by atoms with van der Waals surface area (Å²) in [6.07, 6.45) is 3.49. The van der Waals surface area contributed by atoms with Crippen LogP contribution in [0.15, 0.2) is 11.4 Å². The van der Waals surface area contributed by atoms with E-state index in [1.54, 1.807) is 18.3 Å². The van der Waals surface area contributed by atoms with Crippen LogP contribution in [-0.4, -0.2) is 33.2 Å². The summed E-state index contributed by atoms with van der Waals surface area (Å²) >= 11 is 2.97. The van der Waals surface area contributed by atoms with Gasteiger partial charge >= 0.3 is 6.03 Å². The van der Waals surface area contributed by atoms with Gasteiger partial charge in [-0.15, -0.1) is 11.3 Å². The van der Waals surface area contributed by atoms with Gasteiger partial charge in [-0.25, -0.2) is 14.8 Å². The first kappa shape index (κ1) is 16.2. The van der Waals surface area contributed by atoms with Crippen LogP contribution in [0.2, 0.25) is 0 Å². The van der Waals surface area contributed by atoms with E-state index in [4.69, 9.17) is 0 Å². The van der Waals surface area contributed by atoms with Crippen molar-refractivity contribution in [3.05, 3.63) is 16.8 Å². The molecular formula is C15H18N4O2S2. The smallest absolute Gasteiger partial charge is 0.321 e. The summed E-state index contributed by atoms with van der Waals surface area (Å²) in [5.74, 6) is -0.315. The van der Waals surface area contributed by atoms with Gasteiger partial charge in [0.25, 0.3) is 0 Å². The number of nitrogens with one attached hydrogen (secondary N) is 2. The molecule has 0 spiro atoms. The zero-order valence-electron chi connectivity index (χ0n) is 13.2. The molecule has 0 unspecified atom stereocenters. The topological polar surface area (TPSA) is 84.0 Å². The van der Waals surface area contributed by atoms with Gasteiger partial charge in [0.05, 0.1) is 5.25 Å². The molecule has 6 nitrogen and oxygen atoms in total. The largest absolute Gasteiger partial charge is 0.335 e. The third-order valence-electron chi connectivity index (χ3n) is 3.74. The SMILES string of the molecule is Cc1sc2ncnc(S[C@@H](C)C(=O)NC(=O)NC3CC3)c2c1C. The molecule has 3 rings (SSSR count). The molecule has 3 amide bonds. The van der Waals surface area contributed by atoms with Gasteiger partial charge in [-0.3, -0.25) is 10.1 Å². The number of hydrogen-bond acceptors (Lipinski definition) is 6. The Morgan fingerprint density at radius 3 is 2.78 bits per heavy atom. The zero-order chi connectivity index (χ0) is 16.6. The van der Waals surface area contributed by atoms with Crippen molar-refractivity contribution in [2.45, 2.75) is 49.9 Å². The standard InChI is InChI=1S/C15H18N4O2S2/c1-7-8(2)22-13-11(7)14(17-6-16-13)23-9(3)12(20)19-15(21)18-10-4-5-10/h6,9-10H,4-5H2,1-3H3,(H2,18,19,20,21)/t9-/m0/s1. The lowest BCUT2D eigenvalue weighted by Gasteiger charge is -2.12. The predicted molar refractivity (Wildman–Crippen MR) is 91.9 cm³/mol. The van der Waals surface area contributed by atoms with E-state index in [1.807, 2.05) is 6.92 Å². The van der Waals surface area contributed by atoms with Gasteiger partial charge in [0, 0.05) is 16.3 Å². The van der Waals surface area contributed by atoms with Crippen LogP contribution >= 0.6 is 23.1 Å². The molecule has 8 heteroatoms. The third kappa shape index (κ3) is 3.64. The molecule has 23 heavy (non-hydrogen) atoms. The lowest BCUT2D eigenvalue weighted by molar-refractivity contribution is -0.119. The van der Waals surface area contributed by atoms with Crippen molar-refractivity contribution in [1.29, 1.82) is 0 Å². The van der Waals surface area contributed by atoms with E-state index in [2.05, 4.69) is 27.5 Å². The number of thioether (sulfide) groups is 1. The highest BCUT2D eigenvalue weighted by Gasteiger charge is 2.25. The minimum atomic E-state index is -0.419. The van der Waals surface area contributed by atoms with Crippen LogP contribution in [0, 0.1) is 13.8 Å². The number of nitrogens with zero attached hydrogens (tertiary/aromatic N) is 2. The van der Waals surface area contributed by atoms with Crippen LogP contribution in [0.4, 0.5) is 4.79 Å². The average molecular weight is 350 g/mol. The molecule has 1 aliphatic carbocycles. The lowest BCUT2D eigenvalue weighted by Crippen LogP contribution is -2.43. The second-order valence-electron chi connectivity index (χ2n) is 5.64. The number of amides is 3. The number of urea groups is 1. The number of thiophene rings is 1. The average Bonchev–Trinajstić information content (AvgIpc) is 3.25. The first-order valence-electron chi connectivity index (χ1n) is 7.44. The zero-order valence-corrected chi connectivity index (χ0v) is 14.8. The van der Waals surface area contributed by atoms with E-state index >= 15 is 0 Å². The van der Waals surface area contributed by atoms with Crippen molar-refractivity contribution in [1.82, 2.24) is 20.6 Å². The number of carbonyl (C=O) groups excluding carboxylic acids is 2. The Kier molecular flexibility index (Phi) is 4.54. The quantitative estimate of drug-likeness (QED) is 0.654. The lowest BCUT2D eigenvalue weighted by atomic mass is 10.2. The second-order valence-corrected chi connectivity index (χ2v) is 8.17. The van der Waals surface area contributed by atoms with Crippen molar-refractivity contribution < 1.29 is 9.59 Å². The molecule has 0 bridgehead atoms. The molecule has 2 aromatic rings. The Morgan fingerprint density at radius 2 is 2.09 bits per heavy atom. The second kappa shape index (κ2) is 6.45. The van der Waals surface area contributed by atoms with Crippen molar-refractivity contribution in [3.8, 4) is 0 Å². The molecular weight excluding hydrogens is 332 g/mol. The summed E-state index contributed by atoms with van der Waals surface area (Å²) in [4.78, 5) is 34.5. The van der Waals surface area contributed by atoms with E-state index < -0.39 is 11.3 Å². The van der Waals surface area contributed by atoms with Crippen molar-refractivity contribution in [2.75, 3.05) is 0 Å². The molecule has 2 heterocycles. The highest BCUT2D eigenvalue weighted by Crippen LogP contribution is 2.35. The van der Waals surface area contributed by atoms with Crippen LogP contribution in [0.1, 0.15) is 30.2 Å². The maximum Gasteiger partial charge on any atom is 0.321 e. The van der Waals surface area contributed by atoms with Gasteiger partial charge in [-0.2, -0.15) is 0 Å². The Labute approximate surface area is 142 Å². The molecule has 1 saturated carbocycles. The Morgan fingerprint density at radius 1 is 1.35 bits per heavy atom. The first-order chi connectivity index (χ1) is 11.0. The number of rotatable bonds is 4. The fraction of sp³-hybridized carbons (Fsp3) is 0.467. The Bertz CT molecular complexity index is 770. The van der Waals surface area contributed by atoms with Gasteiger partial charge in [-0.05, 0) is 39.2 Å². The van der Waals surface area contributed by atoms with Crippen molar-refractivity contribution in [2.24, 2.45) is 0 Å². The normalized spacial score (nSPS) is 15.4. The summed E-state index contributed by atoms with van der Waals surface area (Å²) in [5.41, 5.74) is 1.15. The summed E-state index contributed by atoms with van der Waals surface area (Å²) in [7, 11) is 0. The molecule has 122 valence electrons. The Hall–Kier alpha value is -1.67. The van der Waals surface area contributed by atoms with Gasteiger partial charge in [-0.1, -0.05) is 11.8 Å². The summed E-state index contributed by atoms with van der Waals surface area (Å²) in [5, 5.41) is 6.49. The van der Waals surface area contributed by atoms with Crippen molar-refractivity contribution in [3.63, 3.8) is 0 Å². The van der Waals surface area contributed by atoms with Gasteiger partial charge < -0.3 is 5.32 Å². The fourth-order valence-electron chi connectivity index (χ4n) is 2.12. The Balaban J connectivity index is 1.70. The van der Waals surface area contributed by atoms with E-state index in [0.717, 1.165) is 33.6 Å². The van der Waals surface area contributed by atoms with Crippen LogP contribution in [0.5, 0.6) is 0 Å². The van der Waals surface area contributed by atoms with E-state index in [0.29, 0.717) is 0 Å². The molecule has 1 aliphatic rings. The predicted octanol–water partition coefficient (Wildman–Crippen LogP) is 2.78. The summed E-state index contributed by atoms with van der Waals surface area (Å²) < 4.78 is 0. The number of carbonyl (C=O) groups is 2. The monoisotopic (exact) mass is 350 g/mol. The minimum absolute atomic E-state index is 0.226. The van der Waals surface area contributed by atoms with E-state index in [9.17, 15) is 9.59 Å². The summed E-state index contributed by atoms with van der Waals surface area (Å²) in [6.45, 7) is 5.86. The number of aryl methyl sites for hydroxylation is 2. The molecule has 2 aromatic heterocycles. The van der Waals surface area contributed by atoms with Crippen LogP contribution in [-0.2, 0) is 4.79 Å². The molecule has 2 N–H and O–H groups in total. The first-order valence-corrected chi connectivity index (χ1v) is 9.14. The molecule has 1 atom stereocenters. The van der Waals surface area contributed by atoms with Gasteiger partial charge in [0.2, 0.25) is 5.91 Å². The van der Waals surface area contributed by atoms with Crippen LogP contribution in [0.25, 0.3) is 10.2 Å². The fourth-order valence-corrected chi connectivity index (χ4v) is 4.16. The highest BCUT2D eigenvalue weighted by atomic mass is 32.2. The summed E-state index contributed by atoms with van der Waals surface area (Å²) in [6, 6.07) is -0.191. The van der Waals surface area contributed by atoms with Crippen LogP contribution in [0.3, 0.4) is 0 Å². The molecule has 0 aliphatic heterocycles. The number of aromatic nitrogens is 2.